The SMILES string of the molecule is CC(C)(C)[Si](C)(C)O[C@H](CNCC1CCCC(CNC(=O)CCN2CCC(OC(=O)Nc3ccccc3-c3ccccc3)CC2)C1)c1ccc(OCc2ccccc2)c2[nH]c(=O)ccc12. The van der Waals surface area contributed by atoms with Crippen molar-refractivity contribution in [2.75, 3.05) is 44.6 Å². The quantitative estimate of drug-likeness (QED) is 0.0639. The average Bonchev–Trinajstić information content (AvgIpc) is 3.30. The lowest BCUT2D eigenvalue weighted by molar-refractivity contribution is -0.121. The molecular weight excluding hydrogens is 831 g/mol. The lowest BCUT2D eigenvalue weighted by Crippen LogP contribution is -2.44. The van der Waals surface area contributed by atoms with Gasteiger partial charge in [-0.25, -0.2) is 4.79 Å². The van der Waals surface area contributed by atoms with E-state index >= 15 is 0 Å². The number of fused-ring (bicyclic) bond motifs is 1. The van der Waals surface area contributed by atoms with Crippen molar-refractivity contribution < 1.29 is 23.5 Å². The van der Waals surface area contributed by atoms with E-state index in [-0.39, 0.29) is 28.7 Å². The predicted molar refractivity (Wildman–Crippen MR) is 264 cm³/mol. The monoisotopic (exact) mass is 900 g/mol. The molecule has 1 aromatic heterocycles. The Kier molecular flexibility index (Phi) is 16.3. The van der Waals surface area contributed by atoms with E-state index < -0.39 is 14.4 Å². The zero-order valence-electron chi connectivity index (χ0n) is 39.0. The largest absolute Gasteiger partial charge is 0.487 e. The van der Waals surface area contributed by atoms with E-state index in [1.54, 1.807) is 6.07 Å². The maximum atomic E-state index is 13.1. The Morgan fingerprint density at radius 1 is 0.831 bits per heavy atom. The number of piperidine rings is 1. The summed E-state index contributed by atoms with van der Waals surface area (Å²) in [5.41, 5.74) is 5.31. The number of para-hydroxylation sites is 1. The number of carbonyl (C=O) groups is 2. The second kappa shape index (κ2) is 22.3. The minimum absolute atomic E-state index is 0.0118. The third-order valence-corrected chi connectivity index (χ3v) is 18.2. The number of benzene rings is 4. The summed E-state index contributed by atoms with van der Waals surface area (Å²) in [5.74, 6) is 1.68. The summed E-state index contributed by atoms with van der Waals surface area (Å²) in [6, 6.07) is 35.3. The van der Waals surface area contributed by atoms with Crippen LogP contribution in [0.15, 0.2) is 114 Å². The predicted octanol–water partition coefficient (Wildman–Crippen LogP) is 10.5. The van der Waals surface area contributed by atoms with Crippen molar-refractivity contribution in [3.63, 3.8) is 0 Å². The van der Waals surface area contributed by atoms with E-state index in [0.717, 1.165) is 91.5 Å². The number of hydrogen-bond acceptors (Lipinski definition) is 8. The van der Waals surface area contributed by atoms with E-state index in [9.17, 15) is 14.4 Å². The van der Waals surface area contributed by atoms with Crippen LogP contribution in [0.4, 0.5) is 10.5 Å². The van der Waals surface area contributed by atoms with Crippen LogP contribution in [0.5, 0.6) is 5.75 Å². The lowest BCUT2D eigenvalue weighted by Gasteiger charge is -2.40. The van der Waals surface area contributed by atoms with E-state index in [1.807, 2.05) is 97.1 Å². The molecule has 12 heteroatoms. The first-order valence-corrected chi connectivity index (χ1v) is 26.5. The van der Waals surface area contributed by atoms with Crippen molar-refractivity contribution in [1.82, 2.24) is 20.5 Å². The Morgan fingerprint density at radius 3 is 2.26 bits per heavy atom. The molecule has 65 heavy (non-hydrogen) atoms. The van der Waals surface area contributed by atoms with Gasteiger partial charge in [0.25, 0.3) is 0 Å². The standard InChI is InChI=1S/C53H69N5O6Si/c1-53(2,3)65(4,5)64-48(44-23-25-47(51-45(44)24-26-50(60)57-51)62-37-38-15-8-6-9-16-38)36-54-34-39-17-14-18-40(33-39)35-55-49(59)29-32-58-30-27-42(28-31-58)63-52(61)56-46-22-13-12-21-43(46)41-19-10-7-11-20-41/h6-13,15-16,19-26,39-40,42,48,54H,14,17-18,27-37H2,1-5H3,(H,55,59)(H,56,61)(H,57,60)/t39?,40?,48-/m1/s1. The average molecular weight is 900 g/mol. The molecule has 3 atom stereocenters. The molecule has 2 heterocycles. The summed E-state index contributed by atoms with van der Waals surface area (Å²) in [4.78, 5) is 43.9. The minimum Gasteiger partial charge on any atom is -0.487 e. The molecule has 7 rings (SSSR count). The molecular formula is C53H69N5O6Si. The fraction of sp³-hybridized carbons (Fsp3) is 0.453. The molecule has 11 nitrogen and oxygen atoms in total. The molecule has 2 aliphatic rings. The molecule has 346 valence electrons. The third-order valence-electron chi connectivity index (χ3n) is 13.7. The van der Waals surface area contributed by atoms with Crippen molar-refractivity contribution in [3.05, 3.63) is 131 Å². The highest BCUT2D eigenvalue weighted by Gasteiger charge is 2.40. The molecule has 4 aromatic carbocycles. The molecule has 2 amide bonds. The van der Waals surface area contributed by atoms with Crippen LogP contribution in [0, 0.1) is 11.8 Å². The fourth-order valence-corrected chi connectivity index (χ4v) is 10.2. The van der Waals surface area contributed by atoms with Gasteiger partial charge in [-0.1, -0.05) is 112 Å². The van der Waals surface area contributed by atoms with E-state index in [4.69, 9.17) is 13.9 Å². The second-order valence-corrected chi connectivity index (χ2v) is 24.3. The van der Waals surface area contributed by atoms with Gasteiger partial charge in [-0.3, -0.25) is 14.9 Å². The highest BCUT2D eigenvalue weighted by Crippen LogP contribution is 2.41. The first-order valence-electron chi connectivity index (χ1n) is 23.6. The molecule has 0 spiro atoms. The van der Waals surface area contributed by atoms with Crippen molar-refractivity contribution in [1.29, 1.82) is 0 Å². The first-order chi connectivity index (χ1) is 31.3. The second-order valence-electron chi connectivity index (χ2n) is 19.5. The molecule has 1 aliphatic heterocycles. The minimum atomic E-state index is -2.20. The molecule has 2 unspecified atom stereocenters. The number of pyridine rings is 1. The molecule has 4 N–H and O–H groups in total. The van der Waals surface area contributed by atoms with Crippen LogP contribution in [-0.4, -0.2) is 75.6 Å². The summed E-state index contributed by atoms with van der Waals surface area (Å²) in [5, 5.41) is 10.9. The Labute approximate surface area is 386 Å². The van der Waals surface area contributed by atoms with Gasteiger partial charge in [0.2, 0.25) is 11.5 Å². The van der Waals surface area contributed by atoms with Gasteiger partial charge in [0.05, 0.1) is 17.3 Å². The number of rotatable bonds is 18. The molecule has 2 fully saturated rings. The Morgan fingerprint density at radius 2 is 1.52 bits per heavy atom. The van der Waals surface area contributed by atoms with E-state index in [2.05, 4.69) is 65.8 Å². The van der Waals surface area contributed by atoms with E-state index in [0.29, 0.717) is 55.8 Å². The van der Waals surface area contributed by atoms with Gasteiger partial charge in [-0.2, -0.15) is 0 Å². The zero-order valence-corrected chi connectivity index (χ0v) is 40.0. The maximum absolute atomic E-state index is 13.1. The normalized spacial score (nSPS) is 17.9. The van der Waals surface area contributed by atoms with Crippen LogP contribution >= 0.6 is 0 Å². The van der Waals surface area contributed by atoms with Crippen molar-refractivity contribution in [3.8, 4) is 16.9 Å². The van der Waals surface area contributed by atoms with Crippen LogP contribution in [0.3, 0.4) is 0 Å². The number of likely N-dealkylation sites (tertiary alicyclic amines) is 1. The first kappa shape index (κ1) is 47.7. The zero-order chi connectivity index (χ0) is 45.8. The number of nitrogens with one attached hydrogen (secondary N) is 4. The van der Waals surface area contributed by atoms with Crippen molar-refractivity contribution in [2.24, 2.45) is 11.8 Å². The van der Waals surface area contributed by atoms with E-state index in [1.165, 1.54) is 0 Å². The van der Waals surface area contributed by atoms with Gasteiger partial charge in [-0.15, -0.1) is 0 Å². The van der Waals surface area contributed by atoms with Gasteiger partial charge in [0, 0.05) is 56.2 Å². The number of aromatic nitrogens is 1. The number of nitrogens with zero attached hydrogens (tertiary/aromatic N) is 1. The fourth-order valence-electron chi connectivity index (χ4n) is 8.93. The number of anilines is 1. The van der Waals surface area contributed by atoms with Crippen LogP contribution in [0.1, 0.15) is 82.9 Å². The Hall–Kier alpha value is -5.27. The smallest absolute Gasteiger partial charge is 0.411 e. The highest BCUT2D eigenvalue weighted by molar-refractivity contribution is 6.74. The molecule has 0 radical (unpaired) electrons. The van der Waals surface area contributed by atoms with Crippen LogP contribution < -0.4 is 26.2 Å². The summed E-state index contributed by atoms with van der Waals surface area (Å²) < 4.78 is 19.3. The number of amides is 2. The number of carbonyl (C=O) groups excluding carboxylic acids is 2. The summed E-state index contributed by atoms with van der Waals surface area (Å²) in [6.07, 6.45) is 5.61. The molecule has 5 aromatic rings. The lowest BCUT2D eigenvalue weighted by atomic mass is 9.81. The maximum Gasteiger partial charge on any atom is 0.411 e. The number of hydrogen-bond donors (Lipinski definition) is 4. The van der Waals surface area contributed by atoms with Crippen LogP contribution in [0.2, 0.25) is 18.1 Å². The molecule has 1 aliphatic carbocycles. The molecule has 1 saturated heterocycles. The van der Waals surface area contributed by atoms with Crippen molar-refractivity contribution >= 4 is 36.9 Å². The van der Waals surface area contributed by atoms with Gasteiger partial charge in [0.15, 0.2) is 8.32 Å². The van der Waals surface area contributed by atoms with Gasteiger partial charge in [0.1, 0.15) is 18.5 Å². The number of ether oxygens (including phenoxy) is 2. The van der Waals surface area contributed by atoms with Gasteiger partial charge < -0.3 is 34.4 Å². The number of aromatic amines is 1. The number of H-pyrrole nitrogens is 1. The van der Waals surface area contributed by atoms with Crippen LogP contribution in [-0.2, 0) is 20.6 Å². The summed E-state index contributed by atoms with van der Waals surface area (Å²) in [7, 11) is -2.20. The van der Waals surface area contributed by atoms with Gasteiger partial charge >= 0.3 is 6.09 Å². The third kappa shape index (κ3) is 13.4. The van der Waals surface area contributed by atoms with Crippen LogP contribution in [0.25, 0.3) is 22.0 Å². The summed E-state index contributed by atoms with van der Waals surface area (Å²) in [6.45, 7) is 16.2. The molecule has 0 bridgehead atoms. The summed E-state index contributed by atoms with van der Waals surface area (Å²) >= 11 is 0. The van der Waals surface area contributed by atoms with Gasteiger partial charge in [-0.05, 0) is 104 Å². The Bertz CT molecular complexity index is 2380. The Balaban J connectivity index is 0.857. The highest BCUT2D eigenvalue weighted by atomic mass is 28.4. The molecule has 1 saturated carbocycles. The topological polar surface area (TPSA) is 134 Å². The van der Waals surface area contributed by atoms with Crippen molar-refractivity contribution in [2.45, 2.75) is 103 Å².